The Morgan fingerprint density at radius 3 is 2.54 bits per heavy atom. The van der Waals surface area contributed by atoms with Crippen LogP contribution in [0.1, 0.15) is 23.5 Å². The molecule has 1 aromatic heterocycles. The number of pyridine rings is 1. The number of carbonyl (C=O) groups excluding carboxylic acids is 1. The molecular weight excluding hydrogens is 326 g/mol. The number of anilines is 1. The van der Waals surface area contributed by atoms with Crippen LogP contribution in [0.4, 0.5) is 5.69 Å². The Hall–Kier alpha value is -2.25. The number of aryl methyl sites for hydroxylation is 1. The van der Waals surface area contributed by atoms with Crippen molar-refractivity contribution in [2.45, 2.75) is 19.3 Å². The third-order valence-corrected chi connectivity index (χ3v) is 4.30. The standard InChI is InChI=1S/C17H21N3O3S/c1-13-8-9-18-12-16(13)20-17(21)10-15(11-19-24(2,22)23)14-6-4-3-5-7-14/h3-9,12,15,19H,10-11H2,1-2H3,(H,20,21). The van der Waals surface area contributed by atoms with Gasteiger partial charge in [0.15, 0.2) is 0 Å². The van der Waals surface area contributed by atoms with E-state index in [0.717, 1.165) is 17.4 Å². The zero-order chi connectivity index (χ0) is 17.6. The number of nitrogens with zero attached hydrogens (tertiary/aromatic N) is 1. The summed E-state index contributed by atoms with van der Waals surface area (Å²) < 4.78 is 25.2. The molecule has 1 heterocycles. The van der Waals surface area contributed by atoms with E-state index in [1.165, 1.54) is 0 Å². The first-order valence-electron chi connectivity index (χ1n) is 7.55. The van der Waals surface area contributed by atoms with Crippen molar-refractivity contribution in [3.63, 3.8) is 0 Å². The van der Waals surface area contributed by atoms with Gasteiger partial charge in [0.2, 0.25) is 15.9 Å². The van der Waals surface area contributed by atoms with Gasteiger partial charge in [0.25, 0.3) is 0 Å². The first kappa shape index (κ1) is 18.1. The molecular formula is C17H21N3O3S. The first-order valence-corrected chi connectivity index (χ1v) is 9.44. The minimum absolute atomic E-state index is 0.168. The highest BCUT2D eigenvalue weighted by atomic mass is 32.2. The van der Waals surface area contributed by atoms with E-state index in [0.29, 0.717) is 5.69 Å². The van der Waals surface area contributed by atoms with E-state index in [4.69, 9.17) is 0 Å². The van der Waals surface area contributed by atoms with Gasteiger partial charge in [-0.2, -0.15) is 0 Å². The molecule has 0 fully saturated rings. The largest absolute Gasteiger partial charge is 0.324 e. The minimum atomic E-state index is -3.32. The van der Waals surface area contributed by atoms with E-state index in [2.05, 4.69) is 15.0 Å². The van der Waals surface area contributed by atoms with Crippen molar-refractivity contribution in [3.8, 4) is 0 Å². The molecule has 0 radical (unpaired) electrons. The lowest BCUT2D eigenvalue weighted by Crippen LogP contribution is -2.29. The van der Waals surface area contributed by atoms with E-state index in [-0.39, 0.29) is 24.8 Å². The first-order chi connectivity index (χ1) is 11.3. The normalized spacial score (nSPS) is 12.6. The predicted molar refractivity (Wildman–Crippen MR) is 94.3 cm³/mol. The van der Waals surface area contributed by atoms with E-state index < -0.39 is 10.0 Å². The molecule has 0 bridgehead atoms. The summed E-state index contributed by atoms with van der Waals surface area (Å²) in [4.78, 5) is 16.4. The molecule has 1 atom stereocenters. The molecule has 0 aliphatic heterocycles. The number of benzene rings is 1. The topological polar surface area (TPSA) is 88.2 Å². The average molecular weight is 347 g/mol. The molecule has 0 aliphatic carbocycles. The summed E-state index contributed by atoms with van der Waals surface area (Å²) in [5, 5.41) is 2.83. The lowest BCUT2D eigenvalue weighted by molar-refractivity contribution is -0.116. The zero-order valence-corrected chi connectivity index (χ0v) is 14.5. The SMILES string of the molecule is Cc1ccncc1NC(=O)CC(CNS(C)(=O)=O)c1ccccc1. The molecule has 2 N–H and O–H groups in total. The van der Waals surface area contributed by atoms with Gasteiger partial charge in [0.05, 0.1) is 18.1 Å². The Labute approximate surface area is 142 Å². The van der Waals surface area contributed by atoms with Gasteiger partial charge in [-0.3, -0.25) is 9.78 Å². The molecule has 1 amide bonds. The summed E-state index contributed by atoms with van der Waals surface area (Å²) in [6, 6.07) is 11.2. The van der Waals surface area contributed by atoms with Crippen molar-refractivity contribution in [1.29, 1.82) is 0 Å². The van der Waals surface area contributed by atoms with Crippen LogP contribution in [0.3, 0.4) is 0 Å². The Kier molecular flexibility index (Phi) is 6.05. The number of hydrogen-bond donors (Lipinski definition) is 2. The van der Waals surface area contributed by atoms with E-state index in [1.807, 2.05) is 43.3 Å². The lowest BCUT2D eigenvalue weighted by Gasteiger charge is -2.17. The summed E-state index contributed by atoms with van der Waals surface area (Å²) in [5.41, 5.74) is 2.49. The molecule has 0 saturated heterocycles. The quantitative estimate of drug-likeness (QED) is 0.802. The van der Waals surface area contributed by atoms with Crippen LogP contribution >= 0.6 is 0 Å². The summed E-state index contributed by atoms with van der Waals surface area (Å²) in [7, 11) is -3.32. The van der Waals surface area contributed by atoms with Gasteiger partial charge in [-0.05, 0) is 24.1 Å². The van der Waals surface area contributed by atoms with Crippen LogP contribution in [0.25, 0.3) is 0 Å². The highest BCUT2D eigenvalue weighted by Crippen LogP contribution is 2.20. The second-order valence-corrected chi connectivity index (χ2v) is 7.50. The molecule has 1 aromatic carbocycles. The second kappa shape index (κ2) is 8.03. The number of nitrogens with one attached hydrogen (secondary N) is 2. The number of sulfonamides is 1. The summed E-state index contributed by atoms with van der Waals surface area (Å²) in [5.74, 6) is -0.437. The molecule has 6 nitrogen and oxygen atoms in total. The second-order valence-electron chi connectivity index (χ2n) is 5.67. The molecule has 128 valence electrons. The van der Waals surface area contributed by atoms with Gasteiger partial charge in [-0.1, -0.05) is 30.3 Å². The monoisotopic (exact) mass is 347 g/mol. The fourth-order valence-electron chi connectivity index (χ4n) is 2.30. The van der Waals surface area contributed by atoms with Crippen LogP contribution < -0.4 is 10.0 Å². The molecule has 0 saturated carbocycles. The summed E-state index contributed by atoms with van der Waals surface area (Å²) >= 11 is 0. The van der Waals surface area contributed by atoms with Gasteiger partial charge in [-0.25, -0.2) is 13.1 Å². The van der Waals surface area contributed by atoms with Crippen LogP contribution in [-0.4, -0.2) is 32.1 Å². The molecule has 0 spiro atoms. The van der Waals surface area contributed by atoms with Gasteiger partial charge >= 0.3 is 0 Å². The molecule has 2 rings (SSSR count). The van der Waals surface area contributed by atoms with Crippen molar-refractivity contribution < 1.29 is 13.2 Å². The lowest BCUT2D eigenvalue weighted by atomic mass is 9.95. The third-order valence-electron chi connectivity index (χ3n) is 3.61. The maximum Gasteiger partial charge on any atom is 0.225 e. The minimum Gasteiger partial charge on any atom is -0.324 e. The molecule has 0 aliphatic rings. The highest BCUT2D eigenvalue weighted by Gasteiger charge is 2.18. The fourth-order valence-corrected chi connectivity index (χ4v) is 2.81. The van der Waals surface area contributed by atoms with Crippen LogP contribution in [0.2, 0.25) is 0 Å². The van der Waals surface area contributed by atoms with Crippen LogP contribution in [-0.2, 0) is 14.8 Å². The fraction of sp³-hybridized carbons (Fsp3) is 0.294. The van der Waals surface area contributed by atoms with Crippen molar-refractivity contribution in [2.24, 2.45) is 0 Å². The predicted octanol–water partition coefficient (Wildman–Crippen LogP) is 2.05. The molecule has 2 aromatic rings. The smallest absolute Gasteiger partial charge is 0.225 e. The molecule has 7 heteroatoms. The van der Waals surface area contributed by atoms with E-state index >= 15 is 0 Å². The molecule has 24 heavy (non-hydrogen) atoms. The number of rotatable bonds is 7. The molecule has 1 unspecified atom stereocenters. The van der Waals surface area contributed by atoms with Crippen LogP contribution in [0.15, 0.2) is 48.8 Å². The number of carbonyl (C=O) groups is 1. The van der Waals surface area contributed by atoms with E-state index in [1.54, 1.807) is 12.4 Å². The van der Waals surface area contributed by atoms with Crippen molar-refractivity contribution in [1.82, 2.24) is 9.71 Å². The highest BCUT2D eigenvalue weighted by molar-refractivity contribution is 7.88. The zero-order valence-electron chi connectivity index (χ0n) is 13.7. The Bertz CT molecular complexity index is 792. The Morgan fingerprint density at radius 1 is 1.21 bits per heavy atom. The van der Waals surface area contributed by atoms with Crippen molar-refractivity contribution >= 4 is 21.6 Å². The average Bonchev–Trinajstić information content (AvgIpc) is 2.53. The van der Waals surface area contributed by atoms with Gasteiger partial charge in [-0.15, -0.1) is 0 Å². The summed E-state index contributed by atoms with van der Waals surface area (Å²) in [6.45, 7) is 2.06. The third kappa shape index (κ3) is 5.75. The maximum atomic E-state index is 12.4. The summed E-state index contributed by atoms with van der Waals surface area (Å²) in [6.07, 6.45) is 4.53. The Balaban J connectivity index is 2.09. The van der Waals surface area contributed by atoms with Gasteiger partial charge < -0.3 is 5.32 Å². The number of hydrogen-bond acceptors (Lipinski definition) is 4. The Morgan fingerprint density at radius 2 is 1.92 bits per heavy atom. The van der Waals surface area contributed by atoms with Crippen molar-refractivity contribution in [3.05, 3.63) is 59.9 Å². The van der Waals surface area contributed by atoms with Gasteiger partial charge in [0.1, 0.15) is 0 Å². The van der Waals surface area contributed by atoms with Gasteiger partial charge in [0, 0.05) is 25.1 Å². The van der Waals surface area contributed by atoms with E-state index in [9.17, 15) is 13.2 Å². The van der Waals surface area contributed by atoms with Crippen LogP contribution in [0.5, 0.6) is 0 Å². The number of aromatic nitrogens is 1. The number of amides is 1. The van der Waals surface area contributed by atoms with Crippen LogP contribution in [0, 0.1) is 6.92 Å². The van der Waals surface area contributed by atoms with Crippen molar-refractivity contribution in [2.75, 3.05) is 18.1 Å². The maximum absolute atomic E-state index is 12.4.